The molecule has 0 fully saturated rings. The van der Waals surface area contributed by atoms with Crippen LogP contribution in [0.3, 0.4) is 0 Å². The molecular formula is C23H24N4O2S. The van der Waals surface area contributed by atoms with Crippen LogP contribution >= 0.6 is 12.2 Å². The highest BCUT2D eigenvalue weighted by molar-refractivity contribution is 7.80. The Balaban J connectivity index is 1.74. The van der Waals surface area contributed by atoms with Gasteiger partial charge in [-0.2, -0.15) is 5.10 Å². The van der Waals surface area contributed by atoms with Crippen LogP contribution in [0.5, 0.6) is 0 Å². The van der Waals surface area contributed by atoms with Gasteiger partial charge in [-0.15, -0.1) is 0 Å². The van der Waals surface area contributed by atoms with E-state index in [0.717, 1.165) is 28.3 Å². The predicted octanol–water partition coefficient (Wildman–Crippen LogP) is 4.59. The van der Waals surface area contributed by atoms with Crippen molar-refractivity contribution < 1.29 is 9.53 Å². The summed E-state index contributed by atoms with van der Waals surface area (Å²) < 4.78 is 7.18. The maximum absolute atomic E-state index is 12.1. The molecule has 0 amide bonds. The summed E-state index contributed by atoms with van der Waals surface area (Å²) in [6.07, 6.45) is 1.73. The minimum atomic E-state index is -0.327. The van der Waals surface area contributed by atoms with E-state index in [1.54, 1.807) is 19.2 Å². The highest BCUT2D eigenvalue weighted by Gasteiger charge is 2.12. The summed E-state index contributed by atoms with van der Waals surface area (Å²) >= 11 is 5.27. The summed E-state index contributed by atoms with van der Waals surface area (Å²) in [4.78, 5) is 12.1. The normalized spacial score (nSPS) is 10.8. The molecule has 0 aliphatic rings. The molecule has 1 heterocycles. The Labute approximate surface area is 181 Å². The van der Waals surface area contributed by atoms with Crippen LogP contribution in [0.15, 0.2) is 65.8 Å². The average Bonchev–Trinajstić information content (AvgIpc) is 3.02. The number of hydrazone groups is 1. The largest absolute Gasteiger partial charge is 0.462 e. The van der Waals surface area contributed by atoms with E-state index in [1.165, 1.54) is 0 Å². The summed E-state index contributed by atoms with van der Waals surface area (Å²) in [5.74, 6) is -0.327. The lowest BCUT2D eigenvalue weighted by Gasteiger charge is -2.11. The number of aromatic nitrogens is 1. The Morgan fingerprint density at radius 2 is 1.90 bits per heavy atom. The second kappa shape index (κ2) is 9.84. The van der Waals surface area contributed by atoms with Crippen molar-refractivity contribution in [1.29, 1.82) is 0 Å². The van der Waals surface area contributed by atoms with Gasteiger partial charge in [0.05, 0.1) is 18.4 Å². The molecule has 154 valence electrons. The molecule has 0 saturated carbocycles. The number of hydrogen-bond donors (Lipinski definition) is 2. The van der Waals surface area contributed by atoms with Gasteiger partial charge in [-0.3, -0.25) is 5.43 Å². The van der Waals surface area contributed by atoms with Gasteiger partial charge in [-0.25, -0.2) is 4.79 Å². The Bertz CT molecular complexity index is 1070. The van der Waals surface area contributed by atoms with E-state index in [1.807, 2.05) is 68.4 Å². The first-order valence-corrected chi connectivity index (χ1v) is 10.0. The van der Waals surface area contributed by atoms with E-state index in [4.69, 9.17) is 17.0 Å². The van der Waals surface area contributed by atoms with E-state index in [0.29, 0.717) is 17.3 Å². The van der Waals surface area contributed by atoms with Gasteiger partial charge in [-0.05, 0) is 69.4 Å². The molecule has 6 nitrogen and oxygen atoms in total. The molecule has 0 aliphatic heterocycles. The van der Waals surface area contributed by atoms with E-state index >= 15 is 0 Å². The minimum absolute atomic E-state index is 0.327. The standard InChI is InChI=1S/C23H24N4O2S/c1-4-29-22(28)18-9-8-12-21(14-18)27-16(2)13-19(17(27)3)15-24-26-23(30)25-20-10-6-5-7-11-20/h5-15H,4H2,1-3H3,(H2,25,26,30)/b24-15+. The second-order valence-corrected chi connectivity index (χ2v) is 7.03. The van der Waals surface area contributed by atoms with Crippen LogP contribution in [-0.2, 0) is 4.74 Å². The van der Waals surface area contributed by atoms with E-state index in [2.05, 4.69) is 20.4 Å². The number of carbonyl (C=O) groups is 1. The number of rotatable bonds is 6. The number of aryl methyl sites for hydroxylation is 1. The molecule has 0 saturated heterocycles. The second-order valence-electron chi connectivity index (χ2n) is 6.62. The lowest BCUT2D eigenvalue weighted by molar-refractivity contribution is 0.0526. The number of carbonyl (C=O) groups excluding carboxylic acids is 1. The van der Waals surface area contributed by atoms with E-state index < -0.39 is 0 Å². The first-order valence-electron chi connectivity index (χ1n) is 9.61. The lowest BCUT2D eigenvalue weighted by atomic mass is 10.2. The van der Waals surface area contributed by atoms with Crippen molar-refractivity contribution >= 4 is 35.2 Å². The number of hydrogen-bond acceptors (Lipinski definition) is 4. The number of para-hydroxylation sites is 1. The summed E-state index contributed by atoms with van der Waals surface area (Å²) in [6.45, 7) is 6.16. The SMILES string of the molecule is CCOC(=O)c1cccc(-n2c(C)cc(/C=N/NC(=S)Nc3ccccc3)c2C)c1. The Kier molecular flexibility index (Phi) is 6.98. The maximum atomic E-state index is 12.1. The molecule has 1 aromatic heterocycles. The molecule has 7 heteroatoms. The number of ether oxygens (including phenoxy) is 1. The third kappa shape index (κ3) is 5.12. The van der Waals surface area contributed by atoms with Crippen molar-refractivity contribution in [3.05, 3.63) is 83.2 Å². The van der Waals surface area contributed by atoms with Gasteiger partial charge in [-0.1, -0.05) is 24.3 Å². The number of thiocarbonyl (C=S) groups is 1. The third-order valence-corrected chi connectivity index (χ3v) is 4.68. The van der Waals surface area contributed by atoms with E-state index in [-0.39, 0.29) is 5.97 Å². The number of benzene rings is 2. The first kappa shape index (κ1) is 21.3. The van der Waals surface area contributed by atoms with Gasteiger partial charge < -0.3 is 14.6 Å². The maximum Gasteiger partial charge on any atom is 0.338 e. The first-order chi connectivity index (χ1) is 14.5. The van der Waals surface area contributed by atoms with Crippen LogP contribution < -0.4 is 10.7 Å². The molecule has 0 radical (unpaired) electrons. The molecule has 30 heavy (non-hydrogen) atoms. The molecular weight excluding hydrogens is 396 g/mol. The van der Waals surface area contributed by atoms with Crippen LogP contribution in [0, 0.1) is 13.8 Å². The molecule has 2 N–H and O–H groups in total. The molecule has 3 rings (SSSR count). The number of nitrogens with one attached hydrogen (secondary N) is 2. The Morgan fingerprint density at radius 1 is 1.13 bits per heavy atom. The molecule has 0 spiro atoms. The van der Waals surface area contributed by atoms with Crippen molar-refractivity contribution in [1.82, 2.24) is 9.99 Å². The Hall–Kier alpha value is -3.45. The molecule has 0 aliphatic carbocycles. The topological polar surface area (TPSA) is 67.7 Å². The molecule has 2 aromatic carbocycles. The summed E-state index contributed by atoms with van der Waals surface area (Å²) in [5, 5.41) is 7.73. The molecule has 0 bridgehead atoms. The van der Waals surface area contributed by atoms with Crippen LogP contribution in [0.1, 0.15) is 34.2 Å². The number of anilines is 1. The summed E-state index contributed by atoms with van der Waals surface area (Å²) in [5.41, 5.74) is 8.12. The Morgan fingerprint density at radius 3 is 2.63 bits per heavy atom. The highest BCUT2D eigenvalue weighted by atomic mass is 32.1. The number of nitrogens with zero attached hydrogens (tertiary/aromatic N) is 2. The number of esters is 1. The average molecular weight is 421 g/mol. The van der Waals surface area contributed by atoms with Crippen LogP contribution in [-0.4, -0.2) is 28.5 Å². The lowest BCUT2D eigenvalue weighted by Crippen LogP contribution is -2.23. The quantitative estimate of drug-likeness (QED) is 0.264. The zero-order chi connectivity index (χ0) is 21.5. The van der Waals surface area contributed by atoms with Crippen molar-refractivity contribution in [2.24, 2.45) is 5.10 Å². The van der Waals surface area contributed by atoms with Crippen LogP contribution in [0.4, 0.5) is 5.69 Å². The zero-order valence-electron chi connectivity index (χ0n) is 17.2. The highest BCUT2D eigenvalue weighted by Crippen LogP contribution is 2.21. The molecule has 0 unspecified atom stereocenters. The van der Waals surface area contributed by atoms with E-state index in [9.17, 15) is 4.79 Å². The monoisotopic (exact) mass is 420 g/mol. The molecule has 3 aromatic rings. The fourth-order valence-corrected chi connectivity index (χ4v) is 3.31. The predicted molar refractivity (Wildman–Crippen MR) is 125 cm³/mol. The fraction of sp³-hybridized carbons (Fsp3) is 0.174. The third-order valence-electron chi connectivity index (χ3n) is 4.49. The van der Waals surface area contributed by atoms with Crippen LogP contribution in [0.2, 0.25) is 0 Å². The van der Waals surface area contributed by atoms with Crippen LogP contribution in [0.25, 0.3) is 5.69 Å². The van der Waals surface area contributed by atoms with Crippen molar-refractivity contribution in [3.8, 4) is 5.69 Å². The summed E-state index contributed by atoms with van der Waals surface area (Å²) in [7, 11) is 0. The van der Waals surface area contributed by atoms with Crippen molar-refractivity contribution in [2.45, 2.75) is 20.8 Å². The van der Waals surface area contributed by atoms with Crippen molar-refractivity contribution in [3.63, 3.8) is 0 Å². The van der Waals surface area contributed by atoms with Crippen molar-refractivity contribution in [2.75, 3.05) is 11.9 Å². The summed E-state index contributed by atoms with van der Waals surface area (Å²) in [6, 6.07) is 19.1. The van der Waals surface area contributed by atoms with Gasteiger partial charge in [0.1, 0.15) is 0 Å². The van der Waals surface area contributed by atoms with Gasteiger partial charge >= 0.3 is 5.97 Å². The van der Waals surface area contributed by atoms with Gasteiger partial charge in [0.25, 0.3) is 0 Å². The smallest absolute Gasteiger partial charge is 0.338 e. The minimum Gasteiger partial charge on any atom is -0.462 e. The zero-order valence-corrected chi connectivity index (χ0v) is 18.0. The van der Waals surface area contributed by atoms with Gasteiger partial charge in [0.15, 0.2) is 5.11 Å². The van der Waals surface area contributed by atoms with Gasteiger partial charge in [0, 0.05) is 28.3 Å². The molecule has 0 atom stereocenters. The fourth-order valence-electron chi connectivity index (χ4n) is 3.14. The van der Waals surface area contributed by atoms with Gasteiger partial charge in [0.2, 0.25) is 0 Å².